The Hall–Kier alpha value is -1.98. The highest BCUT2D eigenvalue weighted by atomic mass is 16.4. The first-order valence-electron chi connectivity index (χ1n) is 5.73. The maximum absolute atomic E-state index is 11.6. The van der Waals surface area contributed by atoms with Crippen LogP contribution in [0.5, 0.6) is 0 Å². The van der Waals surface area contributed by atoms with E-state index < -0.39 is 5.41 Å². The molecule has 1 heterocycles. The zero-order chi connectivity index (χ0) is 13.6. The van der Waals surface area contributed by atoms with Gasteiger partial charge in [0.25, 0.3) is 0 Å². The molecule has 0 fully saturated rings. The third kappa shape index (κ3) is 4.12. The number of amides is 1. The Balaban J connectivity index is 2.33. The maximum Gasteiger partial charge on any atom is 0.220 e. The quantitative estimate of drug-likeness (QED) is 0.306. The summed E-state index contributed by atoms with van der Waals surface area (Å²) in [5.41, 5.74) is 4.95. The number of rotatable bonds is 6. The summed E-state index contributed by atoms with van der Waals surface area (Å²) in [4.78, 5) is 11.6. The van der Waals surface area contributed by atoms with Gasteiger partial charge in [-0.25, -0.2) is 0 Å². The second kappa shape index (κ2) is 6.09. The van der Waals surface area contributed by atoms with Gasteiger partial charge in [0.15, 0.2) is 0 Å². The molecule has 0 atom stereocenters. The number of nitrogens with zero attached hydrogens (tertiary/aromatic N) is 1. The first-order valence-corrected chi connectivity index (χ1v) is 5.73. The third-order valence-corrected chi connectivity index (χ3v) is 2.71. The number of carbonyl (C=O) groups is 1. The normalized spacial score (nSPS) is 12.4. The number of nitrogens with two attached hydrogens (primary N) is 1. The Morgan fingerprint density at radius 3 is 2.89 bits per heavy atom. The monoisotopic (exact) mass is 253 g/mol. The number of aryl methyl sites for hydroxylation is 1. The van der Waals surface area contributed by atoms with E-state index in [4.69, 9.17) is 15.4 Å². The van der Waals surface area contributed by atoms with Gasteiger partial charge in [0.05, 0.1) is 6.26 Å². The highest BCUT2D eigenvalue weighted by molar-refractivity contribution is 5.86. The molecule has 0 aromatic carbocycles. The van der Waals surface area contributed by atoms with Crippen LogP contribution in [0.2, 0.25) is 0 Å². The Bertz CT molecular complexity index is 410. The van der Waals surface area contributed by atoms with E-state index in [0.29, 0.717) is 19.4 Å². The topological polar surface area (TPSA) is 101 Å². The average molecular weight is 253 g/mol. The predicted molar refractivity (Wildman–Crippen MR) is 67.2 cm³/mol. The van der Waals surface area contributed by atoms with E-state index in [1.54, 1.807) is 26.2 Å². The summed E-state index contributed by atoms with van der Waals surface area (Å²) in [5.74, 6) is 0.778. The molecule has 6 heteroatoms. The van der Waals surface area contributed by atoms with Gasteiger partial charge in [0.2, 0.25) is 5.91 Å². The fourth-order valence-corrected chi connectivity index (χ4v) is 1.33. The summed E-state index contributed by atoms with van der Waals surface area (Å²) in [5, 5.41) is 14.3. The van der Waals surface area contributed by atoms with Crippen molar-refractivity contribution in [2.24, 2.45) is 16.3 Å². The number of nitrogens with one attached hydrogen (secondary N) is 1. The van der Waals surface area contributed by atoms with Crippen molar-refractivity contribution in [3.05, 3.63) is 24.2 Å². The van der Waals surface area contributed by atoms with Crippen LogP contribution in [0.1, 0.15) is 26.0 Å². The molecule has 0 spiro atoms. The third-order valence-electron chi connectivity index (χ3n) is 2.71. The lowest BCUT2D eigenvalue weighted by Gasteiger charge is -2.22. The van der Waals surface area contributed by atoms with Crippen molar-refractivity contribution >= 4 is 11.7 Å². The summed E-state index contributed by atoms with van der Waals surface area (Å²) in [6.07, 6.45) is 2.48. The van der Waals surface area contributed by atoms with Crippen molar-refractivity contribution in [1.82, 2.24) is 5.32 Å². The fourth-order valence-electron chi connectivity index (χ4n) is 1.33. The van der Waals surface area contributed by atoms with E-state index in [-0.39, 0.29) is 11.7 Å². The van der Waals surface area contributed by atoms with Crippen LogP contribution in [0.25, 0.3) is 0 Å². The van der Waals surface area contributed by atoms with E-state index in [0.717, 1.165) is 5.76 Å². The highest BCUT2D eigenvalue weighted by Crippen LogP contribution is 2.13. The van der Waals surface area contributed by atoms with Gasteiger partial charge in [0.1, 0.15) is 11.6 Å². The van der Waals surface area contributed by atoms with Gasteiger partial charge in [-0.15, -0.1) is 0 Å². The fraction of sp³-hybridized carbons (Fsp3) is 0.500. The first-order chi connectivity index (χ1) is 8.45. The van der Waals surface area contributed by atoms with Crippen molar-refractivity contribution in [2.75, 3.05) is 6.54 Å². The van der Waals surface area contributed by atoms with E-state index >= 15 is 0 Å². The van der Waals surface area contributed by atoms with Crippen LogP contribution in [0.15, 0.2) is 28.0 Å². The van der Waals surface area contributed by atoms with Gasteiger partial charge in [0, 0.05) is 24.8 Å². The van der Waals surface area contributed by atoms with Crippen LogP contribution in [0, 0.1) is 5.41 Å². The second-order valence-electron chi connectivity index (χ2n) is 4.73. The van der Waals surface area contributed by atoms with Crippen molar-refractivity contribution in [1.29, 1.82) is 0 Å². The van der Waals surface area contributed by atoms with Crippen LogP contribution in [0.4, 0.5) is 0 Å². The molecular weight excluding hydrogens is 234 g/mol. The number of hydrogen-bond donors (Lipinski definition) is 3. The van der Waals surface area contributed by atoms with Gasteiger partial charge < -0.3 is 20.7 Å². The van der Waals surface area contributed by atoms with Gasteiger partial charge in [-0.2, -0.15) is 0 Å². The molecule has 0 aliphatic carbocycles. The number of amidine groups is 1. The summed E-state index contributed by atoms with van der Waals surface area (Å²) >= 11 is 0. The van der Waals surface area contributed by atoms with Crippen molar-refractivity contribution in [3.63, 3.8) is 0 Å². The molecule has 0 saturated heterocycles. The van der Waals surface area contributed by atoms with Crippen molar-refractivity contribution < 1.29 is 14.4 Å². The molecule has 0 radical (unpaired) electrons. The number of carbonyl (C=O) groups excluding carboxylic acids is 1. The number of hydrogen-bond acceptors (Lipinski definition) is 4. The molecule has 100 valence electrons. The second-order valence-corrected chi connectivity index (χ2v) is 4.73. The maximum atomic E-state index is 11.6. The molecule has 0 aliphatic heterocycles. The Morgan fingerprint density at radius 2 is 2.33 bits per heavy atom. The molecule has 0 saturated carbocycles. The molecule has 0 aliphatic rings. The van der Waals surface area contributed by atoms with Gasteiger partial charge in [-0.05, 0) is 12.1 Å². The van der Waals surface area contributed by atoms with Crippen LogP contribution in [-0.2, 0) is 11.2 Å². The van der Waals surface area contributed by atoms with E-state index in [1.165, 1.54) is 0 Å². The minimum Gasteiger partial charge on any atom is -0.469 e. The first kappa shape index (κ1) is 14.1. The highest BCUT2D eigenvalue weighted by Gasteiger charge is 2.24. The van der Waals surface area contributed by atoms with Crippen LogP contribution < -0.4 is 11.1 Å². The zero-order valence-electron chi connectivity index (χ0n) is 10.6. The van der Waals surface area contributed by atoms with Crippen LogP contribution in [0.3, 0.4) is 0 Å². The molecule has 18 heavy (non-hydrogen) atoms. The lowest BCUT2D eigenvalue weighted by molar-refractivity contribution is -0.121. The Labute approximate surface area is 106 Å². The van der Waals surface area contributed by atoms with Gasteiger partial charge in [-0.3, -0.25) is 4.79 Å². The summed E-state index contributed by atoms with van der Waals surface area (Å²) in [6, 6.07) is 3.61. The molecule has 0 unspecified atom stereocenters. The lowest BCUT2D eigenvalue weighted by atomic mass is 9.92. The van der Waals surface area contributed by atoms with Gasteiger partial charge >= 0.3 is 0 Å². The minimum atomic E-state index is -0.574. The summed E-state index contributed by atoms with van der Waals surface area (Å²) < 4.78 is 5.13. The molecule has 0 bridgehead atoms. The largest absolute Gasteiger partial charge is 0.469 e. The predicted octanol–water partition coefficient (Wildman–Crippen LogP) is 1.10. The number of oxime groups is 1. The average Bonchev–Trinajstić information content (AvgIpc) is 2.86. The smallest absolute Gasteiger partial charge is 0.220 e. The van der Waals surface area contributed by atoms with E-state index in [9.17, 15) is 4.79 Å². The summed E-state index contributed by atoms with van der Waals surface area (Å²) in [7, 11) is 0. The van der Waals surface area contributed by atoms with Crippen molar-refractivity contribution in [2.45, 2.75) is 26.7 Å². The molecule has 1 aromatic heterocycles. The Morgan fingerprint density at radius 1 is 1.61 bits per heavy atom. The van der Waals surface area contributed by atoms with Crippen LogP contribution in [-0.4, -0.2) is 23.5 Å². The molecule has 4 N–H and O–H groups in total. The molecule has 1 aromatic rings. The number of furan rings is 1. The van der Waals surface area contributed by atoms with Crippen molar-refractivity contribution in [3.8, 4) is 0 Å². The molecule has 1 rings (SSSR count). The molecule has 1 amide bonds. The van der Waals surface area contributed by atoms with Gasteiger partial charge in [-0.1, -0.05) is 19.0 Å². The zero-order valence-corrected chi connectivity index (χ0v) is 10.6. The standard InChI is InChI=1S/C12H19N3O3/c1-12(2,11(13)15-17)8-14-10(16)6-5-9-4-3-7-18-9/h3-4,7,17H,5-6,8H2,1-2H3,(H2,13,15)(H,14,16). The molecular formula is C12H19N3O3. The SMILES string of the molecule is CC(C)(CNC(=O)CCc1ccco1)/C(N)=N/O. The minimum absolute atomic E-state index is 0.0915. The van der Waals surface area contributed by atoms with E-state index in [2.05, 4.69) is 10.5 Å². The van der Waals surface area contributed by atoms with Crippen LogP contribution >= 0.6 is 0 Å². The Kier molecular flexibility index (Phi) is 4.76. The lowest BCUT2D eigenvalue weighted by Crippen LogP contribution is -2.42. The van der Waals surface area contributed by atoms with E-state index in [1.807, 2.05) is 6.07 Å². The summed E-state index contributed by atoms with van der Waals surface area (Å²) in [6.45, 7) is 3.89. The molecule has 6 nitrogen and oxygen atoms in total.